The monoisotopic (exact) mass is 287 g/mol. The van der Waals surface area contributed by atoms with E-state index in [4.69, 9.17) is 9.47 Å². The topological polar surface area (TPSA) is 56.3 Å². The van der Waals surface area contributed by atoms with Crippen molar-refractivity contribution in [3.05, 3.63) is 41.7 Å². The molecule has 0 spiro atoms. The second kappa shape index (κ2) is 7.71. The number of hydrogen-bond donors (Lipinski definition) is 1. The molecule has 1 N–H and O–H groups in total. The molecule has 0 atom stereocenters. The third-order valence-electron chi connectivity index (χ3n) is 3.12. The number of nitrogens with one attached hydrogen (secondary N) is 1. The second-order valence-electron chi connectivity index (χ2n) is 4.79. The summed E-state index contributed by atoms with van der Waals surface area (Å²) in [6, 6.07) is 6.00. The van der Waals surface area contributed by atoms with Crippen LogP contribution in [0.2, 0.25) is 0 Å². The number of benzene rings is 1. The van der Waals surface area contributed by atoms with Crippen LogP contribution >= 0.6 is 0 Å². The number of aromatic nitrogens is 2. The summed E-state index contributed by atoms with van der Waals surface area (Å²) in [6.45, 7) is 4.26. The van der Waals surface area contributed by atoms with E-state index in [1.54, 1.807) is 14.2 Å². The SMILES string of the molecule is COCCNCc1cnc(-c2ccc(C)cc2OC)nc1. The summed E-state index contributed by atoms with van der Waals surface area (Å²) in [6.07, 6.45) is 3.67. The Morgan fingerprint density at radius 3 is 2.57 bits per heavy atom. The van der Waals surface area contributed by atoms with Crippen molar-refractivity contribution in [2.24, 2.45) is 0 Å². The lowest BCUT2D eigenvalue weighted by molar-refractivity contribution is 0.199. The molecule has 1 aromatic carbocycles. The summed E-state index contributed by atoms with van der Waals surface area (Å²) in [5.74, 6) is 1.47. The Bertz CT molecular complexity index is 570. The van der Waals surface area contributed by atoms with Crippen molar-refractivity contribution >= 4 is 0 Å². The van der Waals surface area contributed by atoms with Crippen LogP contribution in [0.5, 0.6) is 5.75 Å². The quantitative estimate of drug-likeness (QED) is 0.791. The Hall–Kier alpha value is -1.98. The first-order valence-electron chi connectivity index (χ1n) is 6.90. The molecular formula is C16H21N3O2. The van der Waals surface area contributed by atoms with Gasteiger partial charge in [0, 0.05) is 38.2 Å². The molecule has 0 saturated carbocycles. The molecule has 21 heavy (non-hydrogen) atoms. The van der Waals surface area contributed by atoms with E-state index in [1.165, 1.54) is 0 Å². The Balaban J connectivity index is 2.08. The van der Waals surface area contributed by atoms with Crippen LogP contribution in [0.15, 0.2) is 30.6 Å². The first-order chi connectivity index (χ1) is 10.2. The van der Waals surface area contributed by atoms with Crippen molar-refractivity contribution < 1.29 is 9.47 Å². The van der Waals surface area contributed by atoms with Gasteiger partial charge < -0.3 is 14.8 Å². The lowest BCUT2D eigenvalue weighted by Gasteiger charge is -2.09. The highest BCUT2D eigenvalue weighted by molar-refractivity contribution is 5.64. The van der Waals surface area contributed by atoms with Gasteiger partial charge in [0.05, 0.1) is 19.3 Å². The van der Waals surface area contributed by atoms with Crippen molar-refractivity contribution in [2.45, 2.75) is 13.5 Å². The molecule has 1 aromatic heterocycles. The molecule has 0 aliphatic carbocycles. The van der Waals surface area contributed by atoms with Crippen molar-refractivity contribution in [1.82, 2.24) is 15.3 Å². The average Bonchev–Trinajstić information content (AvgIpc) is 2.52. The van der Waals surface area contributed by atoms with Crippen molar-refractivity contribution in [2.75, 3.05) is 27.4 Å². The maximum atomic E-state index is 5.40. The van der Waals surface area contributed by atoms with Gasteiger partial charge in [-0.3, -0.25) is 0 Å². The van der Waals surface area contributed by atoms with E-state index in [0.717, 1.165) is 35.5 Å². The highest BCUT2D eigenvalue weighted by atomic mass is 16.5. The van der Waals surface area contributed by atoms with Crippen LogP contribution in [-0.4, -0.2) is 37.3 Å². The van der Waals surface area contributed by atoms with Crippen LogP contribution in [0.3, 0.4) is 0 Å². The third kappa shape index (κ3) is 4.24. The number of methoxy groups -OCH3 is 2. The highest BCUT2D eigenvalue weighted by Crippen LogP contribution is 2.27. The summed E-state index contributed by atoms with van der Waals surface area (Å²) < 4.78 is 10.4. The number of hydrogen-bond acceptors (Lipinski definition) is 5. The zero-order valence-corrected chi connectivity index (χ0v) is 12.7. The smallest absolute Gasteiger partial charge is 0.162 e. The Morgan fingerprint density at radius 1 is 1.14 bits per heavy atom. The van der Waals surface area contributed by atoms with Gasteiger partial charge in [0.2, 0.25) is 0 Å². The normalized spacial score (nSPS) is 10.6. The predicted molar refractivity (Wildman–Crippen MR) is 82.3 cm³/mol. The van der Waals surface area contributed by atoms with Gasteiger partial charge in [-0.2, -0.15) is 0 Å². The molecule has 0 fully saturated rings. The number of nitrogens with zero attached hydrogens (tertiary/aromatic N) is 2. The Morgan fingerprint density at radius 2 is 1.90 bits per heavy atom. The van der Waals surface area contributed by atoms with Crippen molar-refractivity contribution in [1.29, 1.82) is 0 Å². The molecule has 2 rings (SSSR count). The van der Waals surface area contributed by atoms with Crippen molar-refractivity contribution in [3.8, 4) is 17.1 Å². The fraction of sp³-hybridized carbons (Fsp3) is 0.375. The average molecular weight is 287 g/mol. The van der Waals surface area contributed by atoms with Gasteiger partial charge in [-0.25, -0.2) is 9.97 Å². The molecule has 5 nitrogen and oxygen atoms in total. The largest absolute Gasteiger partial charge is 0.496 e. The van der Waals surface area contributed by atoms with Crippen LogP contribution in [-0.2, 0) is 11.3 Å². The Kier molecular flexibility index (Phi) is 5.66. The lowest BCUT2D eigenvalue weighted by Crippen LogP contribution is -2.18. The van der Waals surface area contributed by atoms with Crippen LogP contribution in [0, 0.1) is 6.92 Å². The van der Waals surface area contributed by atoms with E-state index < -0.39 is 0 Å². The zero-order chi connectivity index (χ0) is 15.1. The minimum Gasteiger partial charge on any atom is -0.496 e. The van der Waals surface area contributed by atoms with E-state index in [9.17, 15) is 0 Å². The summed E-state index contributed by atoms with van der Waals surface area (Å²) >= 11 is 0. The van der Waals surface area contributed by atoms with E-state index in [1.807, 2.05) is 37.5 Å². The van der Waals surface area contributed by atoms with E-state index in [0.29, 0.717) is 12.4 Å². The molecule has 0 radical (unpaired) electrons. The first kappa shape index (κ1) is 15.4. The summed E-state index contributed by atoms with van der Waals surface area (Å²) in [5.41, 5.74) is 3.09. The molecule has 0 saturated heterocycles. The van der Waals surface area contributed by atoms with E-state index in [-0.39, 0.29) is 0 Å². The van der Waals surface area contributed by atoms with Gasteiger partial charge in [0.1, 0.15) is 5.75 Å². The molecule has 5 heteroatoms. The summed E-state index contributed by atoms with van der Waals surface area (Å²) in [7, 11) is 3.35. The van der Waals surface area contributed by atoms with Crippen LogP contribution in [0.4, 0.5) is 0 Å². The minimum absolute atomic E-state index is 0.674. The molecule has 2 aromatic rings. The lowest BCUT2D eigenvalue weighted by atomic mass is 10.1. The molecule has 1 heterocycles. The maximum Gasteiger partial charge on any atom is 0.162 e. The van der Waals surface area contributed by atoms with Crippen molar-refractivity contribution in [3.63, 3.8) is 0 Å². The van der Waals surface area contributed by atoms with Gasteiger partial charge in [0.25, 0.3) is 0 Å². The molecule has 0 aliphatic rings. The molecule has 0 aliphatic heterocycles. The summed E-state index contributed by atoms with van der Waals surface area (Å²) in [5, 5.41) is 3.26. The van der Waals surface area contributed by atoms with Gasteiger partial charge in [-0.15, -0.1) is 0 Å². The van der Waals surface area contributed by atoms with Gasteiger partial charge in [-0.1, -0.05) is 6.07 Å². The predicted octanol–water partition coefficient (Wildman–Crippen LogP) is 2.20. The number of ether oxygens (including phenoxy) is 2. The van der Waals surface area contributed by atoms with E-state index >= 15 is 0 Å². The Labute approximate surface area is 125 Å². The second-order valence-corrected chi connectivity index (χ2v) is 4.79. The number of aryl methyl sites for hydroxylation is 1. The third-order valence-corrected chi connectivity index (χ3v) is 3.12. The van der Waals surface area contributed by atoms with Gasteiger partial charge in [-0.05, 0) is 24.6 Å². The standard InChI is InChI=1S/C16H21N3O2/c1-12-4-5-14(15(8-12)21-3)16-18-10-13(11-19-16)9-17-6-7-20-2/h4-5,8,10-11,17H,6-7,9H2,1-3H3. The van der Waals surface area contributed by atoms with E-state index in [2.05, 4.69) is 15.3 Å². The highest BCUT2D eigenvalue weighted by Gasteiger charge is 2.08. The number of rotatable bonds is 7. The molecular weight excluding hydrogens is 266 g/mol. The molecule has 0 amide bonds. The first-order valence-corrected chi connectivity index (χ1v) is 6.90. The molecule has 112 valence electrons. The van der Waals surface area contributed by atoms with Crippen LogP contribution in [0.1, 0.15) is 11.1 Å². The maximum absolute atomic E-state index is 5.40. The van der Waals surface area contributed by atoms with Crippen LogP contribution < -0.4 is 10.1 Å². The van der Waals surface area contributed by atoms with Gasteiger partial charge in [0.15, 0.2) is 5.82 Å². The summed E-state index contributed by atoms with van der Waals surface area (Å²) in [4.78, 5) is 8.85. The van der Waals surface area contributed by atoms with Crippen LogP contribution in [0.25, 0.3) is 11.4 Å². The molecule has 0 bridgehead atoms. The minimum atomic E-state index is 0.674. The van der Waals surface area contributed by atoms with Gasteiger partial charge >= 0.3 is 0 Å². The fourth-order valence-electron chi connectivity index (χ4n) is 1.98. The molecule has 0 unspecified atom stereocenters. The zero-order valence-electron chi connectivity index (χ0n) is 12.7. The fourth-order valence-corrected chi connectivity index (χ4v) is 1.98.